The molecule has 0 aromatic carbocycles. The molecule has 1 atom stereocenters. The zero-order valence-corrected chi connectivity index (χ0v) is 12.9. The summed E-state index contributed by atoms with van der Waals surface area (Å²) in [6.45, 7) is 7.42. The van der Waals surface area contributed by atoms with Gasteiger partial charge in [0.2, 0.25) is 0 Å². The largest absolute Gasteiger partial charge is 0.370 e. The van der Waals surface area contributed by atoms with Crippen molar-refractivity contribution in [2.75, 3.05) is 37.3 Å². The third-order valence-corrected chi connectivity index (χ3v) is 3.58. The molecule has 0 spiro atoms. The Bertz CT molecular complexity index is 396. The number of rotatable bonds is 6. The van der Waals surface area contributed by atoms with Gasteiger partial charge in [-0.2, -0.15) is 0 Å². The predicted octanol–water partition coefficient (Wildman–Crippen LogP) is 2.37. The molecule has 1 unspecified atom stereocenters. The molecule has 1 aromatic rings. The van der Waals surface area contributed by atoms with Crippen LogP contribution in [0.15, 0.2) is 6.07 Å². The molecular formula is C15H27N5. The first kappa shape index (κ1) is 15.0. The van der Waals surface area contributed by atoms with Crippen LogP contribution in [0.1, 0.15) is 38.9 Å². The Kier molecular flexibility index (Phi) is 5.59. The minimum Gasteiger partial charge on any atom is -0.370 e. The minimum atomic E-state index is 0.493. The van der Waals surface area contributed by atoms with Crippen molar-refractivity contribution in [2.24, 2.45) is 0 Å². The molecule has 2 N–H and O–H groups in total. The van der Waals surface area contributed by atoms with Crippen molar-refractivity contribution >= 4 is 11.6 Å². The number of hydrogen-bond donors (Lipinski definition) is 2. The topological polar surface area (TPSA) is 53.1 Å². The summed E-state index contributed by atoms with van der Waals surface area (Å²) in [6, 6.07) is 2.52. The number of likely N-dealkylation sites (N-methyl/N-ethyl adjacent to an activating group) is 1. The maximum absolute atomic E-state index is 4.64. The van der Waals surface area contributed by atoms with Crippen molar-refractivity contribution < 1.29 is 0 Å². The lowest BCUT2D eigenvalue weighted by Crippen LogP contribution is -2.40. The van der Waals surface area contributed by atoms with Gasteiger partial charge in [0.15, 0.2) is 0 Å². The summed E-state index contributed by atoms with van der Waals surface area (Å²) in [5.41, 5.74) is 0. The molecule has 1 saturated heterocycles. The molecule has 0 amide bonds. The predicted molar refractivity (Wildman–Crippen MR) is 84.3 cm³/mol. The number of nitrogens with zero attached hydrogens (tertiary/aromatic N) is 3. The van der Waals surface area contributed by atoms with Crippen LogP contribution in [0.25, 0.3) is 0 Å². The lowest BCUT2D eigenvalue weighted by molar-refractivity contribution is 0.260. The Balaban J connectivity index is 2.08. The summed E-state index contributed by atoms with van der Waals surface area (Å²) in [5.74, 6) is 2.81. The summed E-state index contributed by atoms with van der Waals surface area (Å²) in [5, 5.41) is 6.87. The van der Waals surface area contributed by atoms with Gasteiger partial charge in [-0.25, -0.2) is 9.97 Å². The van der Waals surface area contributed by atoms with E-state index in [1.165, 1.54) is 19.4 Å². The molecular weight excluding hydrogens is 250 g/mol. The van der Waals surface area contributed by atoms with E-state index in [1.807, 2.05) is 6.07 Å². The van der Waals surface area contributed by atoms with Gasteiger partial charge in [-0.05, 0) is 39.8 Å². The van der Waals surface area contributed by atoms with Crippen LogP contribution in [0.3, 0.4) is 0 Å². The van der Waals surface area contributed by atoms with Crippen LogP contribution in [0.2, 0.25) is 0 Å². The Hall–Kier alpha value is -1.36. The fourth-order valence-electron chi connectivity index (χ4n) is 2.67. The number of nitrogens with one attached hydrogen (secondary N) is 2. The van der Waals surface area contributed by atoms with Gasteiger partial charge in [0.1, 0.15) is 17.5 Å². The first-order chi connectivity index (χ1) is 9.71. The summed E-state index contributed by atoms with van der Waals surface area (Å²) in [6.07, 6.45) is 4.47. The Morgan fingerprint density at radius 2 is 2.10 bits per heavy atom. The normalized spacial score (nSPS) is 19.9. The molecule has 112 valence electrons. The summed E-state index contributed by atoms with van der Waals surface area (Å²) < 4.78 is 0. The molecule has 1 aliphatic heterocycles. The highest BCUT2D eigenvalue weighted by molar-refractivity contribution is 5.48. The van der Waals surface area contributed by atoms with E-state index >= 15 is 0 Å². The van der Waals surface area contributed by atoms with Crippen LogP contribution >= 0.6 is 0 Å². The molecule has 2 rings (SSSR count). The van der Waals surface area contributed by atoms with Crippen molar-refractivity contribution in [3.8, 4) is 0 Å². The summed E-state index contributed by atoms with van der Waals surface area (Å²) >= 11 is 0. The van der Waals surface area contributed by atoms with Crippen LogP contribution in [-0.2, 0) is 6.42 Å². The smallest absolute Gasteiger partial charge is 0.133 e. The van der Waals surface area contributed by atoms with Crippen molar-refractivity contribution in [3.05, 3.63) is 11.9 Å². The molecule has 0 saturated carbocycles. The van der Waals surface area contributed by atoms with E-state index in [9.17, 15) is 0 Å². The number of anilines is 2. The van der Waals surface area contributed by atoms with Gasteiger partial charge in [-0.1, -0.05) is 6.92 Å². The zero-order chi connectivity index (χ0) is 14.4. The highest BCUT2D eigenvalue weighted by Crippen LogP contribution is 2.17. The highest BCUT2D eigenvalue weighted by Gasteiger charge is 2.17. The summed E-state index contributed by atoms with van der Waals surface area (Å²) in [7, 11) is 2.18. The first-order valence-electron chi connectivity index (χ1n) is 7.78. The molecule has 5 heteroatoms. The Labute approximate surface area is 122 Å². The average Bonchev–Trinajstić information content (AvgIpc) is 2.39. The van der Waals surface area contributed by atoms with Gasteiger partial charge in [0.05, 0.1) is 0 Å². The van der Waals surface area contributed by atoms with E-state index in [-0.39, 0.29) is 0 Å². The second-order valence-electron chi connectivity index (χ2n) is 5.58. The number of likely N-dealkylation sites (tertiary alicyclic amines) is 1. The summed E-state index contributed by atoms with van der Waals surface area (Å²) in [4.78, 5) is 11.6. The molecule has 0 radical (unpaired) electrons. The maximum Gasteiger partial charge on any atom is 0.133 e. The Morgan fingerprint density at radius 3 is 2.80 bits per heavy atom. The molecule has 2 heterocycles. The maximum atomic E-state index is 4.64. The lowest BCUT2D eigenvalue weighted by atomic mass is 10.1. The third kappa shape index (κ3) is 4.34. The quantitative estimate of drug-likeness (QED) is 0.836. The van der Waals surface area contributed by atoms with Gasteiger partial charge in [-0.3, -0.25) is 0 Å². The van der Waals surface area contributed by atoms with Crippen molar-refractivity contribution in [1.29, 1.82) is 0 Å². The number of piperidine rings is 1. The van der Waals surface area contributed by atoms with Gasteiger partial charge in [0, 0.05) is 31.6 Å². The van der Waals surface area contributed by atoms with Crippen molar-refractivity contribution in [2.45, 2.75) is 45.6 Å². The van der Waals surface area contributed by atoms with Crippen LogP contribution in [0, 0.1) is 0 Å². The van der Waals surface area contributed by atoms with E-state index in [1.54, 1.807) is 0 Å². The van der Waals surface area contributed by atoms with E-state index in [0.717, 1.165) is 43.4 Å². The average molecular weight is 277 g/mol. The molecule has 5 nitrogen and oxygen atoms in total. The van der Waals surface area contributed by atoms with E-state index in [2.05, 4.69) is 46.4 Å². The van der Waals surface area contributed by atoms with E-state index in [0.29, 0.717) is 6.04 Å². The third-order valence-electron chi connectivity index (χ3n) is 3.58. The minimum absolute atomic E-state index is 0.493. The van der Waals surface area contributed by atoms with Crippen LogP contribution < -0.4 is 10.6 Å². The molecule has 1 fully saturated rings. The lowest BCUT2D eigenvalue weighted by Gasteiger charge is -2.30. The molecule has 0 bridgehead atoms. The molecule has 0 aliphatic carbocycles. The zero-order valence-electron chi connectivity index (χ0n) is 12.9. The van der Waals surface area contributed by atoms with Gasteiger partial charge in [-0.15, -0.1) is 0 Å². The van der Waals surface area contributed by atoms with Gasteiger partial charge in [0.25, 0.3) is 0 Å². The molecule has 20 heavy (non-hydrogen) atoms. The fraction of sp³-hybridized carbons (Fsp3) is 0.733. The van der Waals surface area contributed by atoms with E-state index < -0.39 is 0 Å². The highest BCUT2D eigenvalue weighted by atomic mass is 15.2. The van der Waals surface area contributed by atoms with Crippen LogP contribution in [-0.4, -0.2) is 47.6 Å². The second-order valence-corrected chi connectivity index (χ2v) is 5.58. The van der Waals surface area contributed by atoms with Gasteiger partial charge < -0.3 is 15.5 Å². The number of aryl methyl sites for hydroxylation is 1. The van der Waals surface area contributed by atoms with Crippen LogP contribution in [0.5, 0.6) is 0 Å². The van der Waals surface area contributed by atoms with E-state index in [4.69, 9.17) is 0 Å². The van der Waals surface area contributed by atoms with Crippen molar-refractivity contribution in [3.63, 3.8) is 0 Å². The SMILES string of the molecule is CCCc1nc(NCC)cc(NC2CCCN(C)C2)n1. The van der Waals surface area contributed by atoms with Crippen molar-refractivity contribution in [1.82, 2.24) is 14.9 Å². The monoisotopic (exact) mass is 277 g/mol. The Morgan fingerprint density at radius 1 is 1.30 bits per heavy atom. The number of aromatic nitrogens is 2. The first-order valence-corrected chi connectivity index (χ1v) is 7.78. The molecule has 1 aliphatic rings. The molecule has 1 aromatic heterocycles. The standard InChI is InChI=1S/C15H27N5/c1-4-7-13-18-14(16-5-2)10-15(19-13)17-12-8-6-9-20(3)11-12/h10,12H,4-9,11H2,1-3H3,(H2,16,17,18,19). The van der Waals surface area contributed by atoms with Crippen LogP contribution in [0.4, 0.5) is 11.6 Å². The second kappa shape index (κ2) is 7.43. The fourth-order valence-corrected chi connectivity index (χ4v) is 2.67. The number of hydrogen-bond acceptors (Lipinski definition) is 5. The van der Waals surface area contributed by atoms with Gasteiger partial charge >= 0.3 is 0 Å².